The van der Waals surface area contributed by atoms with Gasteiger partial charge in [0.25, 0.3) is 6.02 Å². The third-order valence-corrected chi connectivity index (χ3v) is 5.19. The number of halogens is 1. The number of amidine groups is 1. The van der Waals surface area contributed by atoms with E-state index in [4.69, 9.17) is 15.2 Å². The fraction of sp³-hybridized carbons (Fsp3) is 0.421. The van der Waals surface area contributed by atoms with Crippen molar-refractivity contribution < 1.29 is 13.9 Å². The van der Waals surface area contributed by atoms with Gasteiger partial charge in [-0.25, -0.2) is 19.4 Å². The van der Waals surface area contributed by atoms with Gasteiger partial charge in [0.15, 0.2) is 0 Å². The maximum atomic E-state index is 14.8. The number of rotatable bonds is 2. The number of benzene rings is 1. The summed E-state index contributed by atoms with van der Waals surface area (Å²) in [6.45, 7) is 3.11. The van der Waals surface area contributed by atoms with Crippen LogP contribution in [0.25, 0.3) is 11.1 Å². The standard InChI is InChI=1S/C19H21FN4O2/c1-18(11-19(26-17(21)24-18)4-6-25-7-5-19)15-8-13(2-3-16(15)20)14-9-22-12-23-10-14/h2-3,8-10,12H,4-7,11H2,1H3,(H2,21,24). The van der Waals surface area contributed by atoms with Gasteiger partial charge < -0.3 is 15.2 Å². The predicted molar refractivity (Wildman–Crippen MR) is 94.9 cm³/mol. The smallest absolute Gasteiger partial charge is 0.283 e. The fourth-order valence-corrected chi connectivity index (χ4v) is 3.93. The van der Waals surface area contributed by atoms with Crippen LogP contribution in [0.4, 0.5) is 4.39 Å². The largest absolute Gasteiger partial charge is 0.459 e. The Morgan fingerprint density at radius 1 is 1.12 bits per heavy atom. The first kappa shape index (κ1) is 16.9. The van der Waals surface area contributed by atoms with E-state index in [9.17, 15) is 4.39 Å². The van der Waals surface area contributed by atoms with Gasteiger partial charge >= 0.3 is 0 Å². The van der Waals surface area contributed by atoms with Gasteiger partial charge in [-0.3, -0.25) is 0 Å². The lowest BCUT2D eigenvalue weighted by Crippen LogP contribution is -2.51. The molecule has 1 aromatic carbocycles. The number of nitrogens with zero attached hydrogens (tertiary/aromatic N) is 3. The number of nitrogens with two attached hydrogens (primary N) is 1. The van der Waals surface area contributed by atoms with Crippen LogP contribution in [0.2, 0.25) is 0 Å². The summed E-state index contributed by atoms with van der Waals surface area (Å²) in [5, 5.41) is 0. The molecule has 136 valence electrons. The van der Waals surface area contributed by atoms with Crippen molar-refractivity contribution in [3.63, 3.8) is 0 Å². The third-order valence-electron chi connectivity index (χ3n) is 5.19. The molecule has 1 saturated heterocycles. The number of aromatic nitrogens is 2. The van der Waals surface area contributed by atoms with Crippen molar-refractivity contribution in [2.75, 3.05) is 13.2 Å². The van der Waals surface area contributed by atoms with E-state index in [0.717, 1.165) is 11.1 Å². The summed E-state index contributed by atoms with van der Waals surface area (Å²) in [7, 11) is 0. The average Bonchev–Trinajstić information content (AvgIpc) is 2.62. The molecular formula is C19H21FN4O2. The van der Waals surface area contributed by atoms with Gasteiger partial charge in [-0.15, -0.1) is 0 Å². The van der Waals surface area contributed by atoms with Gasteiger partial charge in [0.1, 0.15) is 17.7 Å². The Balaban J connectivity index is 1.77. The molecule has 1 aromatic heterocycles. The number of hydrogen-bond acceptors (Lipinski definition) is 6. The molecule has 0 bridgehead atoms. The van der Waals surface area contributed by atoms with Crippen LogP contribution in [0.1, 0.15) is 31.7 Å². The monoisotopic (exact) mass is 356 g/mol. The van der Waals surface area contributed by atoms with Gasteiger partial charge in [0.05, 0.1) is 18.8 Å². The summed E-state index contributed by atoms with van der Waals surface area (Å²) in [6, 6.07) is 5.09. The molecule has 1 spiro atoms. The van der Waals surface area contributed by atoms with Crippen molar-refractivity contribution in [2.45, 2.75) is 37.3 Å². The first-order chi connectivity index (χ1) is 12.5. The van der Waals surface area contributed by atoms with Crippen LogP contribution in [0, 0.1) is 5.82 Å². The van der Waals surface area contributed by atoms with Crippen LogP contribution in [0.3, 0.4) is 0 Å². The van der Waals surface area contributed by atoms with Crippen LogP contribution in [-0.2, 0) is 15.0 Å². The van der Waals surface area contributed by atoms with Gasteiger partial charge in [-0.2, -0.15) is 0 Å². The zero-order chi connectivity index (χ0) is 18.2. The van der Waals surface area contributed by atoms with Crippen LogP contribution >= 0.6 is 0 Å². The van der Waals surface area contributed by atoms with Crippen LogP contribution in [-0.4, -0.2) is 34.8 Å². The van der Waals surface area contributed by atoms with Crippen molar-refractivity contribution in [1.82, 2.24) is 9.97 Å². The second-order valence-electron chi connectivity index (χ2n) is 7.12. The van der Waals surface area contributed by atoms with E-state index in [1.807, 2.05) is 13.0 Å². The maximum absolute atomic E-state index is 14.8. The molecule has 6 nitrogen and oxygen atoms in total. The van der Waals surface area contributed by atoms with E-state index < -0.39 is 11.1 Å². The van der Waals surface area contributed by atoms with Crippen LogP contribution in [0.15, 0.2) is 41.9 Å². The molecule has 1 fully saturated rings. The molecule has 0 aliphatic carbocycles. The summed E-state index contributed by atoms with van der Waals surface area (Å²) in [6.07, 6.45) is 6.85. The molecule has 1 atom stereocenters. The SMILES string of the molecule is CC1(c2cc(-c3cncnc3)ccc2F)CC2(CCOCC2)OC(N)=N1. The minimum absolute atomic E-state index is 0.105. The highest BCUT2D eigenvalue weighted by atomic mass is 19.1. The molecule has 2 aliphatic rings. The molecule has 0 saturated carbocycles. The van der Waals surface area contributed by atoms with E-state index in [2.05, 4.69) is 15.0 Å². The lowest BCUT2D eigenvalue weighted by molar-refractivity contribution is -0.0796. The Kier molecular flexibility index (Phi) is 4.11. The summed E-state index contributed by atoms with van der Waals surface area (Å²) < 4.78 is 26.1. The van der Waals surface area contributed by atoms with Gasteiger partial charge in [-0.1, -0.05) is 6.07 Å². The second kappa shape index (κ2) is 6.32. The van der Waals surface area contributed by atoms with Crippen LogP contribution < -0.4 is 5.73 Å². The third kappa shape index (κ3) is 3.03. The molecule has 0 amide bonds. The Hall–Kier alpha value is -2.54. The molecule has 0 radical (unpaired) electrons. The second-order valence-corrected chi connectivity index (χ2v) is 7.12. The lowest BCUT2D eigenvalue weighted by atomic mass is 9.76. The highest BCUT2D eigenvalue weighted by Crippen LogP contribution is 2.44. The van der Waals surface area contributed by atoms with E-state index in [1.165, 1.54) is 12.4 Å². The Morgan fingerprint density at radius 2 is 1.85 bits per heavy atom. The normalized spacial score (nSPS) is 24.8. The van der Waals surface area contributed by atoms with E-state index in [1.54, 1.807) is 18.5 Å². The zero-order valence-electron chi connectivity index (χ0n) is 14.6. The molecule has 2 aromatic rings. The van der Waals surface area contributed by atoms with E-state index in [-0.39, 0.29) is 11.8 Å². The molecular weight excluding hydrogens is 335 g/mol. The Bertz CT molecular complexity index is 837. The highest BCUT2D eigenvalue weighted by molar-refractivity contribution is 5.74. The molecule has 2 N–H and O–H groups in total. The summed E-state index contributed by atoms with van der Waals surface area (Å²) >= 11 is 0. The molecule has 4 rings (SSSR count). The minimum atomic E-state index is -0.810. The first-order valence-electron chi connectivity index (χ1n) is 8.67. The van der Waals surface area contributed by atoms with E-state index in [0.29, 0.717) is 38.0 Å². The van der Waals surface area contributed by atoms with Gasteiger partial charge in [0.2, 0.25) is 0 Å². The van der Waals surface area contributed by atoms with Crippen molar-refractivity contribution in [2.24, 2.45) is 10.7 Å². The van der Waals surface area contributed by atoms with Crippen molar-refractivity contribution >= 4 is 6.02 Å². The van der Waals surface area contributed by atoms with Crippen molar-refractivity contribution in [1.29, 1.82) is 0 Å². The molecule has 2 aliphatic heterocycles. The van der Waals surface area contributed by atoms with Gasteiger partial charge in [-0.05, 0) is 24.6 Å². The molecule has 3 heterocycles. The molecule has 7 heteroatoms. The van der Waals surface area contributed by atoms with Gasteiger partial charge in [0, 0.05) is 42.8 Å². The maximum Gasteiger partial charge on any atom is 0.283 e. The average molecular weight is 356 g/mol. The van der Waals surface area contributed by atoms with Crippen LogP contribution in [0.5, 0.6) is 0 Å². The summed E-state index contributed by atoms with van der Waals surface area (Å²) in [5.74, 6) is -0.311. The molecule has 26 heavy (non-hydrogen) atoms. The number of ether oxygens (including phenoxy) is 2. The Morgan fingerprint density at radius 3 is 2.58 bits per heavy atom. The summed E-state index contributed by atoms with van der Waals surface area (Å²) in [4.78, 5) is 12.6. The number of hydrogen-bond donors (Lipinski definition) is 1. The minimum Gasteiger partial charge on any atom is -0.459 e. The molecule has 1 unspecified atom stereocenters. The lowest BCUT2D eigenvalue weighted by Gasteiger charge is -2.45. The van der Waals surface area contributed by atoms with Crippen molar-refractivity contribution in [3.05, 3.63) is 48.3 Å². The highest BCUT2D eigenvalue weighted by Gasteiger charge is 2.47. The topological polar surface area (TPSA) is 82.6 Å². The quantitative estimate of drug-likeness (QED) is 0.895. The Labute approximate surface area is 151 Å². The van der Waals surface area contributed by atoms with Crippen molar-refractivity contribution in [3.8, 4) is 11.1 Å². The fourth-order valence-electron chi connectivity index (χ4n) is 3.93. The number of aliphatic imine (C=N–C) groups is 1. The first-order valence-corrected chi connectivity index (χ1v) is 8.67. The zero-order valence-corrected chi connectivity index (χ0v) is 14.6. The predicted octanol–water partition coefficient (Wildman–Crippen LogP) is 2.78. The van der Waals surface area contributed by atoms with E-state index >= 15 is 0 Å². The summed E-state index contributed by atoms with van der Waals surface area (Å²) in [5.41, 5.74) is 6.88.